The van der Waals surface area contributed by atoms with Crippen LogP contribution in [0.25, 0.3) is 86.2 Å². The van der Waals surface area contributed by atoms with Crippen LogP contribution in [-0.4, -0.2) is 266 Å². The van der Waals surface area contributed by atoms with Gasteiger partial charge in [-0.2, -0.15) is 10.2 Å². The molecule has 8 amide bonds. The summed E-state index contributed by atoms with van der Waals surface area (Å²) in [5.41, 5.74) is 4.32. The molecule has 0 fully saturated rings. The quantitative estimate of drug-likeness (QED) is 0.0112. The van der Waals surface area contributed by atoms with Gasteiger partial charge in [0.15, 0.2) is 0 Å². The van der Waals surface area contributed by atoms with Crippen LogP contribution in [0.5, 0.6) is 11.5 Å². The number of hydrogen-bond acceptors (Lipinski definition) is 24. The third-order valence-electron chi connectivity index (χ3n) is 22.7. The van der Waals surface area contributed by atoms with Crippen LogP contribution in [0.1, 0.15) is 109 Å². The Hall–Kier alpha value is -11.5. The van der Waals surface area contributed by atoms with Gasteiger partial charge in [-0.3, -0.25) is 58.0 Å². The van der Waals surface area contributed by atoms with E-state index in [1.807, 2.05) is 48.5 Å². The number of methoxy groups -OCH3 is 4. The fraction of sp³-hybridized carbons (Fsp3) is 0.362. The lowest BCUT2D eigenvalue weighted by Gasteiger charge is -2.34. The number of imide groups is 4. The van der Waals surface area contributed by atoms with Gasteiger partial charge in [0.05, 0.1) is 169 Å². The number of ether oxygens (including phenoxy) is 14. The van der Waals surface area contributed by atoms with Crippen molar-refractivity contribution in [1.82, 2.24) is 19.6 Å². The molecule has 0 saturated heterocycles. The number of azo groups is 1. The van der Waals surface area contributed by atoms with Crippen molar-refractivity contribution in [3.63, 3.8) is 0 Å². The number of carbonyl (C=O) groups is 8. The summed E-state index contributed by atoms with van der Waals surface area (Å²) < 4.78 is 78.7. The maximum atomic E-state index is 14.7. The Morgan fingerprint density at radius 2 is 0.459 bits per heavy atom. The van der Waals surface area contributed by atoms with E-state index in [4.69, 9.17) is 66.3 Å². The van der Waals surface area contributed by atoms with Gasteiger partial charge in [0.1, 0.15) is 11.5 Å². The number of hydrogen-bond donors (Lipinski definition) is 0. The first kappa shape index (κ1) is 84.1. The average molecular weight is 1660 g/mol. The smallest absolute Gasteiger partial charge is 0.261 e. The lowest BCUT2D eigenvalue weighted by Crippen LogP contribution is -2.51. The van der Waals surface area contributed by atoms with Crippen LogP contribution in [-0.2, 0) is 56.8 Å². The van der Waals surface area contributed by atoms with Crippen molar-refractivity contribution >= 4 is 145 Å². The molecule has 122 heavy (non-hydrogen) atoms. The normalized spacial score (nSPS) is 14.2. The van der Waals surface area contributed by atoms with E-state index in [1.54, 1.807) is 126 Å². The summed E-state index contributed by atoms with van der Waals surface area (Å²) >= 11 is 0. The molecule has 0 spiro atoms. The molecule has 0 bridgehead atoms. The van der Waals surface area contributed by atoms with Crippen LogP contribution in [0.2, 0.25) is 0 Å². The standard InChI is InChI=1S/C94H94N6O22/c1-109-37-41-113-45-49-117-53-59(54-118-50-46-114-42-38-110-2)99-91(105)75-29-21-67-63-17-25-71-83-72(26-18-64(79(63)83)68-22-30-76(92(99)106)85(75)81(67)68)88(102)97(87(71)101)33-5-7-35-121-61-13-9-57(10-14-61)95-96-58-11-15-62(16-12-58)122-36-8-6-34-98-89(103)73-27-19-65-69-23-31-77-86-78(32-24-70(82(69)86)66-20-28-74(90(98)104)84(73)80(65)66)94(108)100(93(77)107)60(55-119-51-47-115-43-39-111-3)56-120-52-48-116-44-40-112-4/h9-32,59-60H,5-8,33-56H2,1-4H3. The Kier molecular flexibility index (Phi) is 26.7. The summed E-state index contributed by atoms with van der Waals surface area (Å²) in [6.07, 6.45) is 2.09. The average Bonchev–Trinajstić information content (AvgIpc) is 0.693. The monoisotopic (exact) mass is 1660 g/mol. The predicted octanol–water partition coefficient (Wildman–Crippen LogP) is 13.8. The SMILES string of the molecule is COCCOCCOCC(COCCOCCOC)N1C(=O)c2ccc3c4ccc5c6c(ccc(c7ccc(c2c37)C1=O)c64)C(=O)N(CCCCOc1ccc(N=Nc2ccc(OCCCCN3C(=O)c4ccc6c7ccc8c9c(ccc(c%10ccc(c4c6%10)C3=O)c97)C(=O)N(C(COCCOCCOC)COCCOCCOC)C8=O)cc2)cc1)C5=O. The molecule has 0 aromatic heterocycles. The Morgan fingerprint density at radius 1 is 0.238 bits per heavy atom. The van der Waals surface area contributed by atoms with Crippen molar-refractivity contribution < 1.29 is 105 Å². The molecule has 0 saturated carbocycles. The summed E-state index contributed by atoms with van der Waals surface area (Å²) in [5, 5.41) is 20.3. The van der Waals surface area contributed by atoms with Crippen molar-refractivity contribution in [1.29, 1.82) is 0 Å². The Labute approximate surface area is 702 Å². The zero-order chi connectivity index (χ0) is 84.3. The first-order valence-corrected chi connectivity index (χ1v) is 41.2. The maximum Gasteiger partial charge on any atom is 0.261 e. The van der Waals surface area contributed by atoms with E-state index >= 15 is 0 Å². The maximum absolute atomic E-state index is 14.7. The number of amides is 8. The van der Waals surface area contributed by atoms with Crippen LogP contribution in [0.3, 0.4) is 0 Å². The van der Waals surface area contributed by atoms with Gasteiger partial charge in [0.25, 0.3) is 47.3 Å². The minimum atomic E-state index is -0.771. The third-order valence-corrected chi connectivity index (χ3v) is 22.7. The molecule has 0 aliphatic carbocycles. The molecule has 16 rings (SSSR count). The Balaban J connectivity index is 0.495. The zero-order valence-electron chi connectivity index (χ0n) is 68.5. The van der Waals surface area contributed by atoms with Gasteiger partial charge >= 0.3 is 0 Å². The van der Waals surface area contributed by atoms with E-state index in [2.05, 4.69) is 10.2 Å². The van der Waals surface area contributed by atoms with Crippen molar-refractivity contribution in [3.8, 4) is 11.5 Å². The molecule has 0 atom stereocenters. The van der Waals surface area contributed by atoms with E-state index < -0.39 is 35.7 Å². The molecular weight excluding hydrogens is 1570 g/mol. The molecule has 4 aliphatic heterocycles. The van der Waals surface area contributed by atoms with Gasteiger partial charge in [0.2, 0.25) is 0 Å². The number of benzene rings is 12. The van der Waals surface area contributed by atoms with Crippen LogP contribution in [0.4, 0.5) is 11.4 Å². The highest BCUT2D eigenvalue weighted by Gasteiger charge is 2.43. The zero-order valence-corrected chi connectivity index (χ0v) is 68.5. The van der Waals surface area contributed by atoms with Gasteiger partial charge in [0, 0.05) is 108 Å². The van der Waals surface area contributed by atoms with E-state index in [0.717, 1.165) is 64.6 Å². The summed E-state index contributed by atoms with van der Waals surface area (Å²) in [6.45, 7) is 6.49. The molecule has 632 valence electrons. The van der Waals surface area contributed by atoms with Gasteiger partial charge in [-0.05, 0) is 187 Å². The second kappa shape index (κ2) is 38.7. The van der Waals surface area contributed by atoms with E-state index in [-0.39, 0.29) is 89.6 Å². The lowest BCUT2D eigenvalue weighted by molar-refractivity contribution is -0.0222. The van der Waals surface area contributed by atoms with Crippen molar-refractivity contribution in [2.24, 2.45) is 10.2 Å². The minimum Gasteiger partial charge on any atom is -0.494 e. The number of unbranched alkanes of at least 4 members (excludes halogenated alkanes) is 2. The van der Waals surface area contributed by atoms with Gasteiger partial charge in [-0.1, -0.05) is 48.5 Å². The molecule has 4 aliphatic rings. The molecule has 0 unspecified atom stereocenters. The Morgan fingerprint density at radius 3 is 0.697 bits per heavy atom. The second-order valence-corrected chi connectivity index (χ2v) is 30.1. The summed E-state index contributed by atoms with van der Waals surface area (Å²) in [4.78, 5) is 122. The third kappa shape index (κ3) is 16.8. The highest BCUT2D eigenvalue weighted by atomic mass is 16.6. The molecule has 12 aromatic rings. The van der Waals surface area contributed by atoms with Gasteiger partial charge < -0.3 is 66.3 Å². The van der Waals surface area contributed by atoms with Gasteiger partial charge in [-0.25, -0.2) is 0 Å². The topological polar surface area (TPSA) is 303 Å². The number of fused-ring (bicyclic) bond motifs is 4. The Bertz CT molecular complexity index is 5320. The van der Waals surface area contributed by atoms with Crippen molar-refractivity contribution in [2.75, 3.05) is 187 Å². The van der Waals surface area contributed by atoms with Crippen LogP contribution in [0.15, 0.2) is 156 Å². The molecular formula is C94H94N6O22. The van der Waals surface area contributed by atoms with Gasteiger partial charge in [-0.15, -0.1) is 0 Å². The summed E-state index contributed by atoms with van der Waals surface area (Å²) in [7, 11) is 6.37. The molecule has 28 nitrogen and oxygen atoms in total. The van der Waals surface area contributed by atoms with E-state index in [1.165, 1.54) is 19.6 Å². The molecule has 0 radical (unpaired) electrons. The van der Waals surface area contributed by atoms with Crippen molar-refractivity contribution in [3.05, 3.63) is 190 Å². The highest BCUT2D eigenvalue weighted by Crippen LogP contribution is 2.49. The van der Waals surface area contributed by atoms with Crippen LogP contribution >= 0.6 is 0 Å². The molecule has 0 N–H and O–H groups in total. The predicted molar refractivity (Wildman–Crippen MR) is 455 cm³/mol. The van der Waals surface area contributed by atoms with Crippen LogP contribution < -0.4 is 9.47 Å². The molecule has 28 heteroatoms. The lowest BCUT2D eigenvalue weighted by atomic mass is 9.82. The molecule has 12 aromatic carbocycles. The first-order chi connectivity index (χ1) is 59.8. The minimum absolute atomic E-state index is 0.0111. The highest BCUT2D eigenvalue weighted by molar-refractivity contribution is 6.43. The fourth-order valence-corrected chi connectivity index (χ4v) is 16.9. The molecule has 4 heterocycles. The van der Waals surface area contributed by atoms with Crippen LogP contribution in [0, 0.1) is 0 Å². The summed E-state index contributed by atoms with van der Waals surface area (Å²) in [6, 6.07) is 42.0. The number of nitrogens with zero attached hydrogens (tertiary/aromatic N) is 6. The van der Waals surface area contributed by atoms with Crippen molar-refractivity contribution in [2.45, 2.75) is 37.8 Å². The first-order valence-electron chi connectivity index (χ1n) is 41.2. The largest absolute Gasteiger partial charge is 0.494 e. The number of carbonyl (C=O) groups excluding carboxylic acids is 8. The van der Waals surface area contributed by atoms with E-state index in [0.29, 0.717) is 207 Å². The number of rotatable bonds is 48. The fourth-order valence-electron chi connectivity index (χ4n) is 16.9. The van der Waals surface area contributed by atoms with E-state index in [9.17, 15) is 38.4 Å². The second-order valence-electron chi connectivity index (χ2n) is 30.1. The summed E-state index contributed by atoms with van der Waals surface area (Å²) in [5.74, 6) is -2.22.